The quantitative estimate of drug-likeness (QED) is 0.452. The number of methoxy groups -OCH3 is 2. The van der Waals surface area contributed by atoms with Crippen LogP contribution >= 0.6 is 0 Å². The Hall–Kier alpha value is -3.82. The average molecular weight is 469 g/mol. The van der Waals surface area contributed by atoms with Crippen molar-refractivity contribution in [2.45, 2.75) is 31.4 Å². The number of hydrogen-bond donors (Lipinski definition) is 0. The number of amides is 2. The van der Waals surface area contributed by atoms with Gasteiger partial charge in [-0.25, -0.2) is 4.79 Å². The number of piperidine rings is 1. The highest BCUT2D eigenvalue weighted by Gasteiger charge is 2.47. The van der Waals surface area contributed by atoms with Gasteiger partial charge in [0.15, 0.2) is 0 Å². The fourth-order valence-electron chi connectivity index (χ4n) is 4.52. The molecule has 0 unspecified atom stereocenters. The highest BCUT2D eigenvalue weighted by atomic mass is 16.6. The fourth-order valence-corrected chi connectivity index (χ4v) is 4.52. The van der Waals surface area contributed by atoms with Crippen LogP contribution in [0.3, 0.4) is 0 Å². The van der Waals surface area contributed by atoms with Gasteiger partial charge < -0.3 is 19.1 Å². The zero-order valence-corrected chi connectivity index (χ0v) is 19.2. The average Bonchev–Trinajstić information content (AvgIpc) is 3.13. The van der Waals surface area contributed by atoms with Crippen LogP contribution in [0.15, 0.2) is 42.5 Å². The molecule has 2 heterocycles. The lowest BCUT2D eigenvalue weighted by molar-refractivity contribution is -0.384. The Morgan fingerprint density at radius 2 is 1.91 bits per heavy atom. The molecule has 2 fully saturated rings. The summed E-state index contributed by atoms with van der Waals surface area (Å²) in [5.41, 5.74) is 0.684. The molecule has 2 aliphatic rings. The molecule has 2 aromatic rings. The maximum absolute atomic E-state index is 12.8. The Morgan fingerprint density at radius 3 is 2.59 bits per heavy atom. The molecule has 0 saturated carbocycles. The second-order valence-electron chi connectivity index (χ2n) is 8.57. The minimum absolute atomic E-state index is 0.0191. The lowest BCUT2D eigenvalue weighted by Gasteiger charge is -2.37. The summed E-state index contributed by atoms with van der Waals surface area (Å²) in [5.74, 6) is 1.20. The minimum Gasteiger partial charge on any atom is -0.497 e. The number of rotatable bonds is 7. The zero-order chi connectivity index (χ0) is 24.3. The Morgan fingerprint density at radius 1 is 1.15 bits per heavy atom. The Kier molecular flexibility index (Phi) is 6.58. The molecule has 10 heteroatoms. The van der Waals surface area contributed by atoms with Gasteiger partial charge in [0.05, 0.1) is 38.7 Å². The van der Waals surface area contributed by atoms with Crippen molar-refractivity contribution in [1.82, 2.24) is 9.80 Å². The summed E-state index contributed by atoms with van der Waals surface area (Å²) >= 11 is 0. The third-order valence-electron chi connectivity index (χ3n) is 6.39. The number of carbonyl (C=O) groups excluding carboxylic acids is 2. The van der Waals surface area contributed by atoms with Gasteiger partial charge in [0.1, 0.15) is 17.1 Å². The fraction of sp³-hybridized carbons (Fsp3) is 0.417. The van der Waals surface area contributed by atoms with Crippen LogP contribution in [-0.4, -0.2) is 66.2 Å². The van der Waals surface area contributed by atoms with Crippen LogP contribution in [0.25, 0.3) is 0 Å². The summed E-state index contributed by atoms with van der Waals surface area (Å²) in [6, 6.07) is 11.7. The lowest BCUT2D eigenvalue weighted by Crippen LogP contribution is -2.49. The van der Waals surface area contributed by atoms with E-state index in [1.165, 1.54) is 30.2 Å². The Balaban J connectivity index is 1.37. The van der Waals surface area contributed by atoms with E-state index in [-0.39, 0.29) is 24.6 Å². The summed E-state index contributed by atoms with van der Waals surface area (Å²) < 4.78 is 16.3. The summed E-state index contributed by atoms with van der Waals surface area (Å²) in [6.45, 7) is 1.48. The van der Waals surface area contributed by atoms with Gasteiger partial charge in [-0.2, -0.15) is 0 Å². The lowest BCUT2D eigenvalue weighted by atomic mass is 9.91. The normalized spacial score (nSPS) is 16.9. The van der Waals surface area contributed by atoms with Crippen molar-refractivity contribution in [2.75, 3.05) is 33.9 Å². The molecule has 1 spiro atoms. The van der Waals surface area contributed by atoms with Crippen LogP contribution in [0, 0.1) is 10.1 Å². The maximum atomic E-state index is 12.8. The van der Waals surface area contributed by atoms with Gasteiger partial charge in [-0.3, -0.25) is 19.8 Å². The van der Waals surface area contributed by atoms with E-state index < -0.39 is 16.6 Å². The molecule has 34 heavy (non-hydrogen) atoms. The molecule has 2 saturated heterocycles. The molecule has 4 rings (SSSR count). The molecule has 0 aromatic heterocycles. The summed E-state index contributed by atoms with van der Waals surface area (Å²) in [7, 11) is 3.07. The number of carbonyl (C=O) groups is 2. The molecule has 2 amide bonds. The first-order valence-electron chi connectivity index (χ1n) is 11.0. The van der Waals surface area contributed by atoms with E-state index in [9.17, 15) is 19.7 Å². The van der Waals surface area contributed by atoms with Crippen molar-refractivity contribution in [3.63, 3.8) is 0 Å². The number of likely N-dealkylation sites (tertiary alicyclic amines) is 1. The molecule has 10 nitrogen and oxygen atoms in total. The highest BCUT2D eigenvalue weighted by Crippen LogP contribution is 2.35. The van der Waals surface area contributed by atoms with Crippen molar-refractivity contribution in [1.29, 1.82) is 0 Å². The zero-order valence-electron chi connectivity index (χ0n) is 19.2. The summed E-state index contributed by atoms with van der Waals surface area (Å²) in [4.78, 5) is 39.4. The van der Waals surface area contributed by atoms with Crippen LogP contribution in [-0.2, 0) is 22.5 Å². The van der Waals surface area contributed by atoms with Crippen LogP contribution in [0.5, 0.6) is 11.5 Å². The number of nitro groups is 1. The van der Waals surface area contributed by atoms with E-state index in [0.29, 0.717) is 49.5 Å². The van der Waals surface area contributed by atoms with Crippen molar-refractivity contribution in [3.8, 4) is 11.5 Å². The van der Waals surface area contributed by atoms with E-state index in [2.05, 4.69) is 0 Å². The van der Waals surface area contributed by atoms with Crippen LogP contribution in [0.2, 0.25) is 0 Å². The first-order chi connectivity index (χ1) is 16.3. The second kappa shape index (κ2) is 9.58. The van der Waals surface area contributed by atoms with Crippen molar-refractivity contribution < 1.29 is 28.7 Å². The third kappa shape index (κ3) is 4.90. The molecule has 0 radical (unpaired) electrons. The van der Waals surface area contributed by atoms with Gasteiger partial charge in [0.2, 0.25) is 5.91 Å². The van der Waals surface area contributed by atoms with Gasteiger partial charge in [0, 0.05) is 43.6 Å². The monoisotopic (exact) mass is 469 g/mol. The maximum Gasteiger partial charge on any atom is 0.410 e. The van der Waals surface area contributed by atoms with E-state index in [1.54, 1.807) is 12.0 Å². The predicted octanol–water partition coefficient (Wildman–Crippen LogP) is 3.17. The molecular weight excluding hydrogens is 442 g/mol. The van der Waals surface area contributed by atoms with Gasteiger partial charge in [-0.05, 0) is 23.8 Å². The van der Waals surface area contributed by atoms with Crippen molar-refractivity contribution in [3.05, 3.63) is 63.7 Å². The highest BCUT2D eigenvalue weighted by molar-refractivity contribution is 5.79. The van der Waals surface area contributed by atoms with E-state index in [4.69, 9.17) is 14.2 Å². The van der Waals surface area contributed by atoms with E-state index >= 15 is 0 Å². The SMILES string of the molecule is COc1cccc(CC(=O)N2CCC3(CC2)CN(Cc2cc([N+](=O)[O-])ccc2OC)C(=O)O3)c1. The van der Waals surface area contributed by atoms with Crippen LogP contribution < -0.4 is 9.47 Å². The smallest absolute Gasteiger partial charge is 0.410 e. The summed E-state index contributed by atoms with van der Waals surface area (Å²) in [5, 5.41) is 11.2. The van der Waals surface area contributed by atoms with E-state index in [0.717, 1.165) is 5.56 Å². The van der Waals surface area contributed by atoms with Gasteiger partial charge in [-0.1, -0.05) is 12.1 Å². The molecule has 0 bridgehead atoms. The first-order valence-corrected chi connectivity index (χ1v) is 11.0. The van der Waals surface area contributed by atoms with Crippen molar-refractivity contribution in [2.24, 2.45) is 0 Å². The number of hydrogen-bond acceptors (Lipinski definition) is 7. The van der Waals surface area contributed by atoms with Gasteiger partial charge in [-0.15, -0.1) is 0 Å². The molecule has 2 aliphatic heterocycles. The minimum atomic E-state index is -0.669. The summed E-state index contributed by atoms with van der Waals surface area (Å²) in [6.07, 6.45) is 0.878. The molecular formula is C24H27N3O7. The number of benzene rings is 2. The topological polar surface area (TPSA) is 111 Å². The number of ether oxygens (including phenoxy) is 3. The molecule has 0 atom stereocenters. The van der Waals surface area contributed by atoms with Crippen LogP contribution in [0.1, 0.15) is 24.0 Å². The number of nitro benzene ring substituents is 1. The first kappa shape index (κ1) is 23.3. The Labute approximate surface area is 197 Å². The number of non-ortho nitro benzene ring substituents is 1. The largest absolute Gasteiger partial charge is 0.497 e. The molecule has 180 valence electrons. The Bertz CT molecular complexity index is 1100. The van der Waals surface area contributed by atoms with Gasteiger partial charge >= 0.3 is 6.09 Å². The van der Waals surface area contributed by atoms with Crippen LogP contribution in [0.4, 0.5) is 10.5 Å². The molecule has 2 aromatic carbocycles. The second-order valence-corrected chi connectivity index (χ2v) is 8.57. The standard InChI is InChI=1S/C24H27N3O7/c1-32-20-5-3-4-17(12-20)13-22(28)25-10-8-24(9-11-25)16-26(23(29)34-24)15-18-14-19(27(30)31)6-7-21(18)33-2/h3-7,12,14H,8-11,13,15-16H2,1-2H3. The van der Waals surface area contributed by atoms with Crippen molar-refractivity contribution >= 4 is 17.7 Å². The molecule has 0 N–H and O–H groups in total. The predicted molar refractivity (Wildman–Crippen MR) is 122 cm³/mol. The molecule has 0 aliphatic carbocycles. The number of nitrogens with zero attached hydrogens (tertiary/aromatic N) is 3. The third-order valence-corrected chi connectivity index (χ3v) is 6.39. The van der Waals surface area contributed by atoms with E-state index in [1.807, 2.05) is 24.3 Å². The van der Waals surface area contributed by atoms with Gasteiger partial charge in [0.25, 0.3) is 5.69 Å².